The molecule has 1 atom stereocenters. The van der Waals surface area contributed by atoms with Gasteiger partial charge in [0.15, 0.2) is 0 Å². The average molecular weight is 372 g/mol. The topological polar surface area (TPSA) is 84.2 Å². The van der Waals surface area contributed by atoms with Crippen molar-refractivity contribution in [3.63, 3.8) is 0 Å². The van der Waals surface area contributed by atoms with Crippen molar-refractivity contribution < 1.29 is 9.59 Å². The van der Waals surface area contributed by atoms with Gasteiger partial charge in [0.1, 0.15) is 6.04 Å². The molecule has 5 nitrogen and oxygen atoms in total. The highest BCUT2D eigenvalue weighted by Gasteiger charge is 2.19. The van der Waals surface area contributed by atoms with Crippen LogP contribution in [0.5, 0.6) is 0 Å². The number of thioether (sulfide) groups is 1. The van der Waals surface area contributed by atoms with E-state index in [-0.39, 0.29) is 5.91 Å². The molecule has 0 aliphatic carbocycles. The van der Waals surface area contributed by atoms with E-state index in [0.29, 0.717) is 13.0 Å². The maximum absolute atomic E-state index is 12.4. The molecule has 0 aliphatic rings. The van der Waals surface area contributed by atoms with Gasteiger partial charge in [-0.25, -0.2) is 4.79 Å². The van der Waals surface area contributed by atoms with E-state index in [1.165, 1.54) is 11.1 Å². The van der Waals surface area contributed by atoms with Crippen LogP contribution in [0.1, 0.15) is 16.7 Å². The van der Waals surface area contributed by atoms with Crippen LogP contribution >= 0.6 is 11.8 Å². The first-order valence-corrected chi connectivity index (χ1v) is 9.71. The number of carbonyl (C=O) groups excluding carboxylic acids is 2. The molecule has 2 aromatic carbocycles. The Labute approximate surface area is 158 Å². The number of amides is 3. The van der Waals surface area contributed by atoms with Crippen molar-refractivity contribution in [2.24, 2.45) is 5.73 Å². The first kappa shape index (κ1) is 19.8. The summed E-state index contributed by atoms with van der Waals surface area (Å²) < 4.78 is 0. The number of nitrogens with one attached hydrogen (secondary N) is 2. The Morgan fingerprint density at radius 1 is 1.04 bits per heavy atom. The summed E-state index contributed by atoms with van der Waals surface area (Å²) in [4.78, 5) is 23.6. The van der Waals surface area contributed by atoms with Crippen molar-refractivity contribution in [2.45, 2.75) is 25.1 Å². The van der Waals surface area contributed by atoms with E-state index >= 15 is 0 Å². The molecule has 26 heavy (non-hydrogen) atoms. The molecule has 2 rings (SSSR count). The Morgan fingerprint density at radius 3 is 2.38 bits per heavy atom. The minimum Gasteiger partial charge on any atom is -0.353 e. The van der Waals surface area contributed by atoms with Crippen molar-refractivity contribution in [1.82, 2.24) is 10.6 Å². The second kappa shape index (κ2) is 10.5. The summed E-state index contributed by atoms with van der Waals surface area (Å²) in [7, 11) is 0. The van der Waals surface area contributed by atoms with Crippen LogP contribution in [0.3, 0.4) is 0 Å². The molecule has 0 bridgehead atoms. The molecular weight excluding hydrogens is 346 g/mol. The van der Waals surface area contributed by atoms with E-state index in [2.05, 4.69) is 41.8 Å². The van der Waals surface area contributed by atoms with Crippen LogP contribution in [0.15, 0.2) is 54.6 Å². The second-order valence-corrected chi connectivity index (χ2v) is 7.19. The Bertz CT molecular complexity index is 705. The molecule has 0 unspecified atom stereocenters. The molecule has 4 N–H and O–H groups in total. The summed E-state index contributed by atoms with van der Waals surface area (Å²) in [6.45, 7) is 2.61. The average Bonchev–Trinajstić information content (AvgIpc) is 2.63. The van der Waals surface area contributed by atoms with E-state index in [1.54, 1.807) is 11.8 Å². The summed E-state index contributed by atoms with van der Waals surface area (Å²) in [6, 6.07) is 16.6. The van der Waals surface area contributed by atoms with Crippen LogP contribution in [0.2, 0.25) is 0 Å². The van der Waals surface area contributed by atoms with Gasteiger partial charge in [0.05, 0.1) is 0 Å². The SMILES string of the molecule is Cc1ccc(CSCCNC(=O)[C@H](Cc2ccccc2)NC(N)=O)cc1. The number of aryl methyl sites for hydroxylation is 1. The fourth-order valence-electron chi connectivity index (χ4n) is 2.47. The molecule has 0 radical (unpaired) electrons. The Balaban J connectivity index is 1.75. The first-order valence-electron chi connectivity index (χ1n) is 8.55. The lowest BCUT2D eigenvalue weighted by Gasteiger charge is -2.17. The highest BCUT2D eigenvalue weighted by atomic mass is 32.2. The van der Waals surface area contributed by atoms with Crippen molar-refractivity contribution in [3.8, 4) is 0 Å². The highest BCUT2D eigenvalue weighted by molar-refractivity contribution is 7.98. The molecular formula is C20H25N3O2S. The summed E-state index contributed by atoms with van der Waals surface area (Å²) in [5.74, 6) is 1.49. The Kier molecular flexibility index (Phi) is 8.02. The zero-order chi connectivity index (χ0) is 18.8. The predicted octanol–water partition coefficient (Wildman–Crippen LogP) is 2.62. The molecule has 138 valence electrons. The number of benzene rings is 2. The van der Waals surface area contributed by atoms with Crippen molar-refractivity contribution in [1.29, 1.82) is 0 Å². The smallest absolute Gasteiger partial charge is 0.312 e. The molecule has 3 amide bonds. The largest absolute Gasteiger partial charge is 0.353 e. The van der Waals surface area contributed by atoms with Gasteiger partial charge < -0.3 is 16.4 Å². The highest BCUT2D eigenvalue weighted by Crippen LogP contribution is 2.12. The molecule has 0 spiro atoms. The van der Waals surface area contributed by atoms with Gasteiger partial charge >= 0.3 is 6.03 Å². The van der Waals surface area contributed by atoms with E-state index in [4.69, 9.17) is 5.73 Å². The number of hydrogen-bond acceptors (Lipinski definition) is 3. The van der Waals surface area contributed by atoms with Crippen LogP contribution in [0, 0.1) is 6.92 Å². The Hall–Kier alpha value is -2.47. The molecule has 0 fully saturated rings. The van der Waals surface area contributed by atoms with E-state index in [9.17, 15) is 9.59 Å². The van der Waals surface area contributed by atoms with Gasteiger partial charge in [-0.3, -0.25) is 4.79 Å². The summed E-state index contributed by atoms with van der Waals surface area (Å²) >= 11 is 1.76. The van der Waals surface area contributed by atoms with Crippen molar-refractivity contribution in [3.05, 3.63) is 71.3 Å². The van der Waals surface area contributed by atoms with Gasteiger partial charge in [-0.2, -0.15) is 11.8 Å². The number of urea groups is 1. The van der Waals surface area contributed by atoms with Gasteiger partial charge in [0.25, 0.3) is 0 Å². The minimum atomic E-state index is -0.699. The zero-order valence-corrected chi connectivity index (χ0v) is 15.7. The number of nitrogens with two attached hydrogens (primary N) is 1. The molecule has 0 aromatic heterocycles. The van der Waals surface area contributed by atoms with E-state index in [1.807, 2.05) is 30.3 Å². The summed E-state index contributed by atoms with van der Waals surface area (Å²) in [5, 5.41) is 5.39. The lowest BCUT2D eigenvalue weighted by Crippen LogP contribution is -2.50. The molecule has 2 aromatic rings. The van der Waals surface area contributed by atoms with Crippen LogP contribution in [-0.2, 0) is 17.0 Å². The number of primary amides is 1. The van der Waals surface area contributed by atoms with Crippen LogP contribution in [0.4, 0.5) is 4.79 Å². The number of rotatable bonds is 9. The third kappa shape index (κ3) is 7.19. The Morgan fingerprint density at radius 2 is 1.73 bits per heavy atom. The zero-order valence-electron chi connectivity index (χ0n) is 14.9. The van der Waals surface area contributed by atoms with Crippen molar-refractivity contribution >= 4 is 23.7 Å². The summed E-state index contributed by atoms with van der Waals surface area (Å²) in [6.07, 6.45) is 0.409. The first-order chi connectivity index (χ1) is 12.5. The lowest BCUT2D eigenvalue weighted by molar-refractivity contribution is -0.122. The van der Waals surface area contributed by atoms with Gasteiger partial charge in [0, 0.05) is 24.5 Å². The third-order valence-electron chi connectivity index (χ3n) is 3.85. The van der Waals surface area contributed by atoms with Gasteiger partial charge in [-0.15, -0.1) is 0 Å². The van der Waals surface area contributed by atoms with E-state index in [0.717, 1.165) is 17.1 Å². The molecule has 0 saturated heterocycles. The fourth-order valence-corrected chi connectivity index (χ4v) is 3.29. The maximum atomic E-state index is 12.4. The molecule has 6 heteroatoms. The standard InChI is InChI=1S/C20H25N3O2S/c1-15-7-9-17(10-8-15)14-26-12-11-22-19(24)18(23-20(21)25)13-16-5-3-2-4-6-16/h2-10,18H,11-14H2,1H3,(H,22,24)(H3,21,23,25)/t18-/m0/s1. The van der Waals surface area contributed by atoms with E-state index < -0.39 is 12.1 Å². The quantitative estimate of drug-likeness (QED) is 0.593. The number of hydrogen-bond donors (Lipinski definition) is 3. The van der Waals surface area contributed by atoms with Crippen LogP contribution < -0.4 is 16.4 Å². The van der Waals surface area contributed by atoms with Gasteiger partial charge in [-0.05, 0) is 18.1 Å². The predicted molar refractivity (Wildman–Crippen MR) is 107 cm³/mol. The number of carbonyl (C=O) groups is 2. The van der Waals surface area contributed by atoms with Crippen molar-refractivity contribution in [2.75, 3.05) is 12.3 Å². The molecule has 0 saturated carbocycles. The third-order valence-corrected chi connectivity index (χ3v) is 4.88. The normalized spacial score (nSPS) is 11.6. The van der Waals surface area contributed by atoms with Crippen LogP contribution in [-0.4, -0.2) is 30.3 Å². The van der Waals surface area contributed by atoms with Gasteiger partial charge in [-0.1, -0.05) is 60.2 Å². The fraction of sp³-hybridized carbons (Fsp3) is 0.300. The second-order valence-electron chi connectivity index (χ2n) is 6.08. The van der Waals surface area contributed by atoms with Crippen LogP contribution in [0.25, 0.3) is 0 Å². The maximum Gasteiger partial charge on any atom is 0.312 e. The monoisotopic (exact) mass is 371 g/mol. The minimum absolute atomic E-state index is 0.219. The lowest BCUT2D eigenvalue weighted by atomic mass is 10.1. The molecule has 0 aliphatic heterocycles. The molecule has 0 heterocycles. The summed E-state index contributed by atoms with van der Waals surface area (Å²) in [5.41, 5.74) is 8.69. The van der Waals surface area contributed by atoms with Gasteiger partial charge in [0.2, 0.25) is 5.91 Å².